The summed E-state index contributed by atoms with van der Waals surface area (Å²) in [6, 6.07) is -1.22. The van der Waals surface area contributed by atoms with E-state index in [1.54, 1.807) is 0 Å². The minimum Gasteiger partial charge on any atom is -0.480 e. The van der Waals surface area contributed by atoms with Crippen LogP contribution in [0.1, 0.15) is 40.0 Å². The monoisotopic (exact) mass is 272 g/mol. The first-order valence-electron chi connectivity index (χ1n) is 6.56. The molecule has 4 N–H and O–H groups in total. The number of nitrogens with two attached hydrogens (primary N) is 1. The van der Waals surface area contributed by atoms with Crippen molar-refractivity contribution >= 4 is 11.9 Å². The number of aliphatic hydroxyl groups excluding tert-OH is 1. The number of carboxylic acids is 1. The van der Waals surface area contributed by atoms with E-state index in [9.17, 15) is 14.7 Å². The SMILES string of the molecule is CC(C)(C)CC(N)CC(=O)N1CC(O)C[C@H]1C(=O)O. The summed E-state index contributed by atoms with van der Waals surface area (Å²) in [5, 5.41) is 18.5. The largest absolute Gasteiger partial charge is 0.480 e. The summed E-state index contributed by atoms with van der Waals surface area (Å²) >= 11 is 0. The number of amides is 1. The van der Waals surface area contributed by atoms with Crippen LogP contribution in [0.2, 0.25) is 0 Å². The molecular weight excluding hydrogens is 248 g/mol. The summed E-state index contributed by atoms with van der Waals surface area (Å²) in [5.74, 6) is -1.37. The van der Waals surface area contributed by atoms with Gasteiger partial charge in [0.25, 0.3) is 0 Å². The highest BCUT2D eigenvalue weighted by Gasteiger charge is 2.39. The molecule has 1 amide bonds. The lowest BCUT2D eigenvalue weighted by molar-refractivity contribution is -0.148. The van der Waals surface area contributed by atoms with Crippen LogP contribution in [-0.4, -0.2) is 51.7 Å². The molecule has 0 aromatic carbocycles. The van der Waals surface area contributed by atoms with E-state index in [1.165, 1.54) is 4.90 Å². The second-order valence-corrected chi connectivity index (χ2v) is 6.52. The van der Waals surface area contributed by atoms with E-state index in [0.29, 0.717) is 6.42 Å². The molecule has 0 aliphatic carbocycles. The van der Waals surface area contributed by atoms with Crippen molar-refractivity contribution in [2.24, 2.45) is 11.1 Å². The molecular formula is C13H24N2O4. The van der Waals surface area contributed by atoms with Crippen molar-refractivity contribution in [2.45, 2.75) is 58.2 Å². The molecule has 2 unspecified atom stereocenters. The molecule has 1 aliphatic rings. The molecule has 0 spiro atoms. The normalized spacial score (nSPS) is 25.4. The summed E-state index contributed by atoms with van der Waals surface area (Å²) in [6.45, 7) is 6.20. The lowest BCUT2D eigenvalue weighted by atomic mass is 9.87. The van der Waals surface area contributed by atoms with Crippen molar-refractivity contribution in [3.63, 3.8) is 0 Å². The number of β-amino-alcohol motifs (C(OH)–C–C–N with tert-alkyl or cyclic N) is 1. The maximum atomic E-state index is 12.1. The number of aliphatic carboxylic acids is 1. The van der Waals surface area contributed by atoms with E-state index in [2.05, 4.69) is 0 Å². The minimum atomic E-state index is -1.07. The van der Waals surface area contributed by atoms with Crippen LogP contribution in [0.5, 0.6) is 0 Å². The summed E-state index contributed by atoms with van der Waals surface area (Å²) < 4.78 is 0. The Morgan fingerprint density at radius 2 is 2.00 bits per heavy atom. The summed E-state index contributed by atoms with van der Waals surface area (Å²) in [7, 11) is 0. The topological polar surface area (TPSA) is 104 Å². The first-order valence-corrected chi connectivity index (χ1v) is 6.56. The van der Waals surface area contributed by atoms with Crippen LogP contribution in [0.25, 0.3) is 0 Å². The maximum Gasteiger partial charge on any atom is 0.326 e. The molecule has 6 nitrogen and oxygen atoms in total. The van der Waals surface area contributed by atoms with Gasteiger partial charge in [0.2, 0.25) is 5.91 Å². The predicted molar refractivity (Wildman–Crippen MR) is 70.4 cm³/mol. The zero-order valence-corrected chi connectivity index (χ0v) is 11.8. The van der Waals surface area contributed by atoms with Crippen LogP contribution in [0.3, 0.4) is 0 Å². The molecule has 6 heteroatoms. The Hall–Kier alpha value is -1.14. The lowest BCUT2D eigenvalue weighted by Gasteiger charge is -2.26. The molecule has 0 aromatic rings. The Bertz CT molecular complexity index is 351. The van der Waals surface area contributed by atoms with Crippen LogP contribution in [0, 0.1) is 5.41 Å². The minimum absolute atomic E-state index is 0.0242. The number of likely N-dealkylation sites (tertiary alicyclic amines) is 1. The van der Waals surface area contributed by atoms with Gasteiger partial charge in [0.05, 0.1) is 6.10 Å². The van der Waals surface area contributed by atoms with Crippen molar-refractivity contribution in [1.29, 1.82) is 0 Å². The van der Waals surface area contributed by atoms with Crippen LogP contribution >= 0.6 is 0 Å². The maximum absolute atomic E-state index is 12.1. The zero-order valence-electron chi connectivity index (χ0n) is 11.8. The van der Waals surface area contributed by atoms with Crippen molar-refractivity contribution in [3.05, 3.63) is 0 Å². The molecule has 1 saturated heterocycles. The van der Waals surface area contributed by atoms with Gasteiger partial charge in [0.1, 0.15) is 6.04 Å². The lowest BCUT2D eigenvalue weighted by Crippen LogP contribution is -2.43. The average molecular weight is 272 g/mol. The van der Waals surface area contributed by atoms with Gasteiger partial charge >= 0.3 is 5.97 Å². The average Bonchev–Trinajstić information content (AvgIpc) is 2.57. The number of hydrogen-bond acceptors (Lipinski definition) is 4. The second kappa shape index (κ2) is 5.88. The Morgan fingerprint density at radius 1 is 1.42 bits per heavy atom. The van der Waals surface area contributed by atoms with Crippen molar-refractivity contribution in [3.8, 4) is 0 Å². The van der Waals surface area contributed by atoms with E-state index in [-0.39, 0.29) is 36.8 Å². The standard InChI is InChI=1S/C13H24N2O4/c1-13(2,3)6-8(14)4-11(17)15-7-9(16)5-10(15)12(18)19/h8-10,16H,4-7,14H2,1-3H3,(H,18,19)/t8?,9?,10-/m0/s1. The van der Waals surface area contributed by atoms with E-state index in [1.807, 2.05) is 20.8 Å². The fraction of sp³-hybridized carbons (Fsp3) is 0.846. The second-order valence-electron chi connectivity index (χ2n) is 6.52. The molecule has 1 aliphatic heterocycles. The van der Waals surface area contributed by atoms with Crippen molar-refractivity contribution in [1.82, 2.24) is 4.90 Å². The molecule has 0 radical (unpaired) electrons. The van der Waals surface area contributed by atoms with Crippen molar-refractivity contribution in [2.75, 3.05) is 6.54 Å². The molecule has 1 fully saturated rings. The third-order valence-corrected chi connectivity index (χ3v) is 3.20. The first kappa shape index (κ1) is 15.9. The number of hydrogen-bond donors (Lipinski definition) is 3. The molecule has 0 saturated carbocycles. The van der Waals surface area contributed by atoms with E-state index >= 15 is 0 Å². The summed E-state index contributed by atoms with van der Waals surface area (Å²) in [6.07, 6.45) is 0.139. The van der Waals surface area contributed by atoms with Gasteiger partial charge in [-0.2, -0.15) is 0 Å². The molecule has 0 aromatic heterocycles. The molecule has 0 bridgehead atoms. The number of nitrogens with zero attached hydrogens (tertiary/aromatic N) is 1. The van der Waals surface area contributed by atoms with Crippen molar-refractivity contribution < 1.29 is 19.8 Å². The third kappa shape index (κ3) is 4.80. The van der Waals surface area contributed by atoms with Gasteiger partial charge in [0, 0.05) is 25.4 Å². The van der Waals surface area contributed by atoms with Gasteiger partial charge in [-0.25, -0.2) is 4.79 Å². The highest BCUT2D eigenvalue weighted by atomic mass is 16.4. The Labute approximate surface area is 113 Å². The van der Waals surface area contributed by atoms with Crippen LogP contribution in [0.4, 0.5) is 0 Å². The first-order chi connectivity index (χ1) is 8.60. The van der Waals surface area contributed by atoms with Crippen LogP contribution in [-0.2, 0) is 9.59 Å². The molecule has 19 heavy (non-hydrogen) atoms. The number of aliphatic hydroxyl groups is 1. The van der Waals surface area contributed by atoms with E-state index in [0.717, 1.165) is 0 Å². The van der Waals surface area contributed by atoms with Gasteiger partial charge in [-0.15, -0.1) is 0 Å². The Morgan fingerprint density at radius 3 is 2.47 bits per heavy atom. The van der Waals surface area contributed by atoms with Gasteiger partial charge in [0.15, 0.2) is 0 Å². The van der Waals surface area contributed by atoms with Gasteiger partial charge in [-0.3, -0.25) is 4.79 Å². The molecule has 110 valence electrons. The summed E-state index contributed by atoms with van der Waals surface area (Å²) in [5.41, 5.74) is 5.95. The molecule has 1 heterocycles. The van der Waals surface area contributed by atoms with E-state index in [4.69, 9.17) is 10.8 Å². The third-order valence-electron chi connectivity index (χ3n) is 3.20. The smallest absolute Gasteiger partial charge is 0.326 e. The number of carboxylic acid groups (broad SMARTS) is 1. The van der Waals surface area contributed by atoms with Crippen LogP contribution < -0.4 is 5.73 Å². The molecule has 1 rings (SSSR count). The highest BCUT2D eigenvalue weighted by Crippen LogP contribution is 2.23. The van der Waals surface area contributed by atoms with Gasteiger partial charge < -0.3 is 20.8 Å². The van der Waals surface area contributed by atoms with Gasteiger partial charge in [-0.05, 0) is 11.8 Å². The fourth-order valence-corrected chi connectivity index (χ4v) is 2.52. The fourth-order valence-electron chi connectivity index (χ4n) is 2.52. The quantitative estimate of drug-likeness (QED) is 0.677. The van der Waals surface area contributed by atoms with E-state index < -0.39 is 18.1 Å². The highest BCUT2D eigenvalue weighted by molar-refractivity contribution is 5.84. The number of carbonyl (C=O) groups excluding carboxylic acids is 1. The Balaban J connectivity index is 2.59. The predicted octanol–water partition coefficient (Wildman–Crippen LogP) is 0.186. The molecule has 3 atom stereocenters. The summed E-state index contributed by atoms with van der Waals surface area (Å²) in [4.78, 5) is 24.3. The zero-order chi connectivity index (χ0) is 14.8. The van der Waals surface area contributed by atoms with Crippen LogP contribution in [0.15, 0.2) is 0 Å². The number of carbonyl (C=O) groups is 2. The van der Waals surface area contributed by atoms with Gasteiger partial charge in [-0.1, -0.05) is 20.8 Å². The Kier molecular flexibility index (Phi) is 4.92. The number of rotatable bonds is 4.